The van der Waals surface area contributed by atoms with E-state index in [0.717, 1.165) is 11.3 Å². The average Bonchev–Trinajstić information content (AvgIpc) is 2.58. The van der Waals surface area contributed by atoms with E-state index < -0.39 is 20.5 Å². The molecule has 0 unspecified atom stereocenters. The fourth-order valence-electron chi connectivity index (χ4n) is 1.83. The number of benzene rings is 1. The minimum Gasteiger partial charge on any atom is -0.265 e. The van der Waals surface area contributed by atoms with Gasteiger partial charge < -0.3 is 0 Å². The number of para-hydroxylation sites is 1. The summed E-state index contributed by atoms with van der Waals surface area (Å²) in [5.74, 6) is 0.943. The van der Waals surface area contributed by atoms with E-state index in [1.807, 2.05) is 48.6 Å². The molecule has 152 valence electrons. The Kier molecular flexibility index (Phi) is 13.3. The Balaban J connectivity index is 0.000000602. The van der Waals surface area contributed by atoms with E-state index in [1.54, 1.807) is 0 Å². The van der Waals surface area contributed by atoms with Crippen molar-refractivity contribution in [2.45, 2.75) is 10.6 Å². The molecule has 3 aromatic rings. The fourth-order valence-corrected chi connectivity index (χ4v) is 2.83. The zero-order valence-corrected chi connectivity index (χ0v) is 21.0. The van der Waals surface area contributed by atoms with Gasteiger partial charge in [-0.25, -0.2) is 0 Å². The molecule has 0 bridgehead atoms. The summed E-state index contributed by atoms with van der Waals surface area (Å²) in [7, 11) is -9.39. The second-order valence-corrected chi connectivity index (χ2v) is 7.37. The molecule has 0 aliphatic carbocycles. The molecule has 2 heterocycles. The second kappa shape index (κ2) is 13.6. The number of halogens is 2. The number of thioether (sulfide) groups is 1. The van der Waals surface area contributed by atoms with Gasteiger partial charge >= 0.3 is 27.3 Å². The molecule has 0 saturated carbocycles. The molecule has 0 atom stereocenters. The summed E-state index contributed by atoms with van der Waals surface area (Å²) in [4.78, 5) is 9.72. The Hall–Kier alpha value is -0.688. The molecule has 0 amide bonds. The van der Waals surface area contributed by atoms with E-state index >= 15 is 0 Å². The van der Waals surface area contributed by atoms with Gasteiger partial charge in [0.25, 0.3) is 0 Å². The van der Waals surface area contributed by atoms with E-state index in [4.69, 9.17) is 37.3 Å². The van der Waals surface area contributed by atoms with Gasteiger partial charge in [-0.15, -0.1) is 11.8 Å². The molecule has 2 N–H and O–H groups in total. The van der Waals surface area contributed by atoms with Gasteiger partial charge in [0.2, 0.25) is 0 Å². The summed E-state index contributed by atoms with van der Waals surface area (Å²) in [6, 6.07) is 14.5. The van der Waals surface area contributed by atoms with Crippen LogP contribution in [-0.4, -0.2) is 19.3 Å². The molecule has 0 aliphatic heterocycles. The fraction of sp³-hybridized carbons (Fsp3) is 0.0667. The van der Waals surface area contributed by atoms with Crippen LogP contribution in [0.3, 0.4) is 0 Å². The van der Waals surface area contributed by atoms with Crippen LogP contribution in [0.5, 0.6) is 0 Å². The number of aromatic nitrogens is 2. The number of nitrogens with zero attached hydrogens (tertiary/aromatic N) is 2. The summed E-state index contributed by atoms with van der Waals surface area (Å²) >= 11 is 1.81. The third kappa shape index (κ3) is 15.8. The standard InChI is InChI=1S/C15H12N2S.Cd.2ClHO4/c1-3-13-4-2-8-17-15(13)14(5-1)18-11-12-6-9-16-10-7-12;;2*2-1(3,4)5/h1-10H,11H2;;2*(H,2,3,4,5)/q;+2;;. The van der Waals surface area contributed by atoms with E-state index in [-0.39, 0.29) is 27.3 Å². The zero-order chi connectivity index (χ0) is 21.2. The van der Waals surface area contributed by atoms with Crippen LogP contribution in [0.2, 0.25) is 0 Å². The third-order valence-corrected chi connectivity index (χ3v) is 3.86. The van der Waals surface area contributed by atoms with Crippen LogP contribution in [0, 0.1) is 20.5 Å². The number of pyridine rings is 2. The van der Waals surface area contributed by atoms with Gasteiger partial charge in [0, 0.05) is 34.6 Å². The van der Waals surface area contributed by atoms with Crippen molar-refractivity contribution < 1.29 is 85.1 Å². The van der Waals surface area contributed by atoms with Crippen molar-refractivity contribution in [3.8, 4) is 0 Å². The van der Waals surface area contributed by atoms with Crippen molar-refractivity contribution in [2.24, 2.45) is 0 Å². The number of hydrogen-bond donors (Lipinski definition) is 2. The van der Waals surface area contributed by atoms with Crippen LogP contribution in [0.4, 0.5) is 0 Å². The second-order valence-electron chi connectivity index (χ2n) is 4.77. The Bertz CT molecular complexity index is 824. The van der Waals surface area contributed by atoms with Crippen LogP contribution in [-0.2, 0) is 33.1 Å². The molecular formula is C15H14CdCl2N2O8S+2. The van der Waals surface area contributed by atoms with Gasteiger partial charge in [-0.1, -0.05) is 18.2 Å². The Morgan fingerprint density at radius 3 is 1.86 bits per heavy atom. The monoisotopic (exact) mass is 566 g/mol. The van der Waals surface area contributed by atoms with Crippen LogP contribution >= 0.6 is 11.8 Å². The molecule has 0 spiro atoms. The summed E-state index contributed by atoms with van der Waals surface area (Å²) in [6.45, 7) is 0. The predicted molar refractivity (Wildman–Crippen MR) is 80.0 cm³/mol. The van der Waals surface area contributed by atoms with E-state index in [2.05, 4.69) is 34.2 Å². The third-order valence-electron chi connectivity index (χ3n) is 2.74. The minimum atomic E-state index is -4.69. The summed E-state index contributed by atoms with van der Waals surface area (Å²) in [5, 5.41) is 1.19. The van der Waals surface area contributed by atoms with Crippen molar-refractivity contribution in [1.29, 1.82) is 0 Å². The largest absolute Gasteiger partial charge is 2.00 e. The number of rotatable bonds is 3. The van der Waals surface area contributed by atoms with Crippen LogP contribution in [0.15, 0.2) is 66.0 Å². The average molecular weight is 566 g/mol. The van der Waals surface area contributed by atoms with Gasteiger partial charge in [0.15, 0.2) is 0 Å². The zero-order valence-electron chi connectivity index (χ0n) is 14.6. The summed E-state index contributed by atoms with van der Waals surface area (Å²) in [6.07, 6.45) is 5.51. The first-order valence-corrected chi connectivity index (χ1v) is 10.6. The van der Waals surface area contributed by atoms with Crippen LogP contribution in [0.1, 0.15) is 5.56 Å². The molecule has 3 rings (SSSR count). The van der Waals surface area contributed by atoms with Crippen molar-refractivity contribution in [1.82, 2.24) is 9.97 Å². The van der Waals surface area contributed by atoms with Crippen molar-refractivity contribution in [3.63, 3.8) is 0 Å². The van der Waals surface area contributed by atoms with Gasteiger partial charge in [-0.05, 0) is 29.8 Å². The van der Waals surface area contributed by atoms with Crippen LogP contribution in [0.25, 0.3) is 10.9 Å². The summed E-state index contributed by atoms with van der Waals surface area (Å²) in [5.41, 5.74) is 2.36. The molecule has 29 heavy (non-hydrogen) atoms. The predicted octanol–water partition coefficient (Wildman–Crippen LogP) is -4.33. The maximum Gasteiger partial charge on any atom is 2.00 e. The van der Waals surface area contributed by atoms with Crippen LogP contribution < -0.4 is 28.0 Å². The SMILES string of the molecule is [Cd+2].[O-][Cl+3]([O-])([O-])O.[O-][Cl+3]([O-])([O-])O.c1cnc2c(SCc3ccncc3)cccc2c1. The molecule has 1 aromatic carbocycles. The normalized spacial score (nSPS) is 10.8. The Labute approximate surface area is 194 Å². The first kappa shape index (κ1) is 28.3. The number of fused-ring (bicyclic) bond motifs is 1. The Morgan fingerprint density at radius 2 is 1.31 bits per heavy atom. The molecule has 0 aliphatic rings. The molecule has 0 saturated heterocycles. The van der Waals surface area contributed by atoms with E-state index in [9.17, 15) is 0 Å². The Morgan fingerprint density at radius 1 is 0.793 bits per heavy atom. The topological polar surface area (TPSA) is 205 Å². The smallest absolute Gasteiger partial charge is 0.265 e. The van der Waals surface area contributed by atoms with Gasteiger partial charge in [-0.3, -0.25) is 9.97 Å². The molecular weight excluding hydrogens is 552 g/mol. The maximum absolute atomic E-state index is 8.60. The maximum atomic E-state index is 8.60. The molecule has 0 fully saturated rings. The first-order valence-electron chi connectivity index (χ1n) is 7.05. The molecule has 10 nitrogen and oxygen atoms in total. The molecule has 14 heteroatoms. The minimum absolute atomic E-state index is 0. The van der Waals surface area contributed by atoms with Crippen molar-refractivity contribution in [3.05, 3.63) is 66.6 Å². The van der Waals surface area contributed by atoms with Crippen molar-refractivity contribution >= 4 is 22.7 Å². The van der Waals surface area contributed by atoms with E-state index in [0.29, 0.717) is 0 Å². The number of hydrogen-bond acceptors (Lipinski definition) is 11. The molecule has 2 aromatic heterocycles. The van der Waals surface area contributed by atoms with Crippen molar-refractivity contribution in [2.75, 3.05) is 0 Å². The molecule has 0 radical (unpaired) electrons. The first-order chi connectivity index (χ1) is 12.9. The van der Waals surface area contributed by atoms with Gasteiger partial charge in [-0.2, -0.15) is 28.0 Å². The van der Waals surface area contributed by atoms with E-state index in [1.165, 1.54) is 15.8 Å². The quantitative estimate of drug-likeness (QED) is 0.229. The van der Waals surface area contributed by atoms with Gasteiger partial charge in [0.1, 0.15) is 0 Å². The summed E-state index contributed by atoms with van der Waals surface area (Å²) < 4.78 is 65.4. The van der Waals surface area contributed by atoms with Gasteiger partial charge in [0.05, 0.1) is 35.3 Å².